The number of carbonyl (C=O) groups is 1. The molecule has 166 valence electrons. The molecule has 0 bridgehead atoms. The Bertz CT molecular complexity index is 1490. The number of rotatable bonds is 4. The van der Waals surface area contributed by atoms with Gasteiger partial charge in [-0.25, -0.2) is 13.6 Å². The molecule has 0 aliphatic rings. The zero-order valence-corrected chi connectivity index (χ0v) is 18.1. The average Bonchev–Trinajstić information content (AvgIpc) is 3.39. The first-order valence-electron chi connectivity index (χ1n) is 10.6. The summed E-state index contributed by atoms with van der Waals surface area (Å²) in [5, 5.41) is 5.81. The molecule has 0 saturated carbocycles. The van der Waals surface area contributed by atoms with Gasteiger partial charge in [-0.15, -0.1) is 0 Å². The van der Waals surface area contributed by atoms with E-state index >= 15 is 0 Å². The first kappa shape index (κ1) is 20.9. The third kappa shape index (κ3) is 3.75. The SMILES string of the molecule is CC(C)c1cc2cc3c(cnn3C(=O)OCc3ccccc3)cc2n1-c1ccc(F)c(F)c1. The number of nitrogens with zero attached hydrogens (tertiary/aromatic N) is 3. The average molecular weight is 445 g/mol. The van der Waals surface area contributed by atoms with Crippen molar-refractivity contribution in [2.75, 3.05) is 0 Å². The fraction of sp³-hybridized carbons (Fsp3) is 0.154. The highest BCUT2D eigenvalue weighted by Crippen LogP contribution is 2.32. The maximum Gasteiger partial charge on any atom is 0.435 e. The van der Waals surface area contributed by atoms with Crippen LogP contribution in [-0.2, 0) is 11.3 Å². The maximum absolute atomic E-state index is 14.0. The van der Waals surface area contributed by atoms with E-state index < -0.39 is 17.7 Å². The van der Waals surface area contributed by atoms with Crippen molar-refractivity contribution in [3.05, 3.63) is 95.8 Å². The molecular formula is C26H21F2N3O2. The Kier molecular flexibility index (Phi) is 5.17. The molecule has 2 heterocycles. The van der Waals surface area contributed by atoms with Crippen molar-refractivity contribution in [3.8, 4) is 5.69 Å². The number of ether oxygens (including phenoxy) is 1. The van der Waals surface area contributed by atoms with Gasteiger partial charge in [0.05, 0.1) is 17.2 Å². The topological polar surface area (TPSA) is 49.1 Å². The van der Waals surface area contributed by atoms with Crippen molar-refractivity contribution in [2.24, 2.45) is 0 Å². The minimum Gasteiger partial charge on any atom is -0.443 e. The number of carbonyl (C=O) groups excluding carboxylic acids is 1. The lowest BCUT2D eigenvalue weighted by Gasteiger charge is -2.14. The van der Waals surface area contributed by atoms with E-state index in [1.165, 1.54) is 10.7 Å². The Balaban J connectivity index is 1.58. The molecule has 0 fully saturated rings. The summed E-state index contributed by atoms with van der Waals surface area (Å²) in [5.41, 5.74) is 3.78. The van der Waals surface area contributed by atoms with Crippen LogP contribution in [0.15, 0.2) is 72.9 Å². The predicted molar refractivity (Wildman–Crippen MR) is 123 cm³/mol. The van der Waals surface area contributed by atoms with Gasteiger partial charge in [0, 0.05) is 28.2 Å². The second-order valence-electron chi connectivity index (χ2n) is 8.22. The van der Waals surface area contributed by atoms with Gasteiger partial charge in [-0.05, 0) is 41.8 Å². The van der Waals surface area contributed by atoms with Crippen LogP contribution in [0, 0.1) is 11.6 Å². The molecule has 0 spiro atoms. The van der Waals surface area contributed by atoms with Gasteiger partial charge in [0.2, 0.25) is 0 Å². The molecule has 0 aliphatic carbocycles. The summed E-state index contributed by atoms with van der Waals surface area (Å²) in [7, 11) is 0. The summed E-state index contributed by atoms with van der Waals surface area (Å²) in [6.07, 6.45) is 1.02. The van der Waals surface area contributed by atoms with Crippen LogP contribution in [-0.4, -0.2) is 20.4 Å². The Labute approximate surface area is 188 Å². The quantitative estimate of drug-likeness (QED) is 0.314. The summed E-state index contributed by atoms with van der Waals surface area (Å²) in [6, 6.07) is 19.0. The molecule has 0 amide bonds. The van der Waals surface area contributed by atoms with Gasteiger partial charge < -0.3 is 9.30 Å². The lowest BCUT2D eigenvalue weighted by molar-refractivity contribution is 0.139. The van der Waals surface area contributed by atoms with E-state index in [9.17, 15) is 13.6 Å². The first-order valence-corrected chi connectivity index (χ1v) is 10.6. The highest BCUT2D eigenvalue weighted by atomic mass is 19.2. The normalized spacial score (nSPS) is 11.5. The van der Waals surface area contributed by atoms with E-state index in [1.54, 1.807) is 12.3 Å². The summed E-state index contributed by atoms with van der Waals surface area (Å²) >= 11 is 0. The predicted octanol–water partition coefficient (Wildman–Crippen LogP) is 6.57. The molecule has 3 aromatic carbocycles. The molecule has 0 atom stereocenters. The first-order chi connectivity index (χ1) is 15.9. The van der Waals surface area contributed by atoms with Gasteiger partial charge in [0.15, 0.2) is 11.6 Å². The molecular weight excluding hydrogens is 424 g/mol. The van der Waals surface area contributed by atoms with Gasteiger partial charge in [0.1, 0.15) is 6.61 Å². The van der Waals surface area contributed by atoms with Crippen molar-refractivity contribution >= 4 is 27.9 Å². The molecule has 0 saturated heterocycles. The van der Waals surface area contributed by atoms with E-state index in [-0.39, 0.29) is 12.5 Å². The number of halogens is 2. The van der Waals surface area contributed by atoms with Crippen LogP contribution in [0.1, 0.15) is 31.0 Å². The van der Waals surface area contributed by atoms with Crippen LogP contribution in [0.25, 0.3) is 27.5 Å². The van der Waals surface area contributed by atoms with E-state index in [2.05, 4.69) is 5.10 Å². The molecule has 5 rings (SSSR count). The monoisotopic (exact) mass is 445 g/mol. The largest absolute Gasteiger partial charge is 0.443 e. The van der Waals surface area contributed by atoms with Crippen molar-refractivity contribution in [3.63, 3.8) is 0 Å². The third-order valence-electron chi connectivity index (χ3n) is 5.65. The molecule has 0 N–H and O–H groups in total. The zero-order chi connectivity index (χ0) is 23.1. The summed E-state index contributed by atoms with van der Waals surface area (Å²) in [5.74, 6) is -1.67. The minimum atomic E-state index is -0.904. The van der Waals surface area contributed by atoms with Gasteiger partial charge in [-0.3, -0.25) is 0 Å². The van der Waals surface area contributed by atoms with E-state index in [1.807, 2.05) is 66.9 Å². The second-order valence-corrected chi connectivity index (χ2v) is 8.22. The lowest BCUT2D eigenvalue weighted by Crippen LogP contribution is -2.14. The Morgan fingerprint density at radius 1 is 0.939 bits per heavy atom. The molecule has 5 nitrogen and oxygen atoms in total. The fourth-order valence-corrected chi connectivity index (χ4v) is 4.01. The molecule has 33 heavy (non-hydrogen) atoms. The van der Waals surface area contributed by atoms with Crippen LogP contribution in [0.2, 0.25) is 0 Å². The minimum absolute atomic E-state index is 0.126. The number of hydrogen-bond acceptors (Lipinski definition) is 3. The second kappa shape index (κ2) is 8.16. The Hall–Kier alpha value is -4.00. The van der Waals surface area contributed by atoms with Crippen LogP contribution >= 0.6 is 0 Å². The summed E-state index contributed by atoms with van der Waals surface area (Å²) in [4.78, 5) is 12.7. The van der Waals surface area contributed by atoms with Crippen molar-refractivity contribution < 1.29 is 18.3 Å². The Morgan fingerprint density at radius 3 is 2.42 bits per heavy atom. The van der Waals surface area contributed by atoms with Crippen LogP contribution in [0.4, 0.5) is 13.6 Å². The Morgan fingerprint density at radius 2 is 1.70 bits per heavy atom. The fourth-order valence-electron chi connectivity index (χ4n) is 4.01. The molecule has 0 radical (unpaired) electrons. The zero-order valence-electron chi connectivity index (χ0n) is 18.1. The van der Waals surface area contributed by atoms with Gasteiger partial charge in [-0.1, -0.05) is 44.2 Å². The molecule has 7 heteroatoms. The van der Waals surface area contributed by atoms with E-state index in [0.717, 1.165) is 33.6 Å². The number of aromatic nitrogens is 3. The van der Waals surface area contributed by atoms with Crippen molar-refractivity contribution in [2.45, 2.75) is 26.4 Å². The van der Waals surface area contributed by atoms with Gasteiger partial charge >= 0.3 is 6.09 Å². The highest BCUT2D eigenvalue weighted by Gasteiger charge is 2.19. The number of benzene rings is 3. The van der Waals surface area contributed by atoms with Gasteiger partial charge in [0.25, 0.3) is 0 Å². The highest BCUT2D eigenvalue weighted by molar-refractivity contribution is 5.99. The molecule has 0 aliphatic heterocycles. The smallest absolute Gasteiger partial charge is 0.435 e. The van der Waals surface area contributed by atoms with Crippen molar-refractivity contribution in [1.82, 2.24) is 14.3 Å². The van der Waals surface area contributed by atoms with Gasteiger partial charge in [-0.2, -0.15) is 9.78 Å². The molecule has 2 aromatic heterocycles. The summed E-state index contributed by atoms with van der Waals surface area (Å²) in [6.45, 7) is 4.22. The standard InChI is InChI=1S/C26H21F2N3O2/c1-16(2)23-10-18-11-25-19(12-24(18)30(23)20-8-9-21(27)22(28)13-20)14-29-31(25)26(32)33-15-17-6-4-3-5-7-17/h3-14,16H,15H2,1-2H3. The third-order valence-corrected chi connectivity index (χ3v) is 5.65. The maximum atomic E-state index is 14.0. The van der Waals surface area contributed by atoms with Crippen molar-refractivity contribution in [1.29, 1.82) is 0 Å². The summed E-state index contributed by atoms with van der Waals surface area (Å²) < 4.78 is 36.1. The lowest BCUT2D eigenvalue weighted by atomic mass is 10.1. The van der Waals surface area contributed by atoms with Crippen LogP contribution in [0.5, 0.6) is 0 Å². The van der Waals surface area contributed by atoms with Crippen LogP contribution in [0.3, 0.4) is 0 Å². The van der Waals surface area contributed by atoms with E-state index in [0.29, 0.717) is 11.2 Å². The molecule has 0 unspecified atom stereocenters. The van der Waals surface area contributed by atoms with Crippen LogP contribution < -0.4 is 0 Å². The van der Waals surface area contributed by atoms with E-state index in [4.69, 9.17) is 4.74 Å². The number of fused-ring (bicyclic) bond motifs is 2. The molecule has 5 aromatic rings. The number of hydrogen-bond donors (Lipinski definition) is 0.